The highest BCUT2D eigenvalue weighted by molar-refractivity contribution is 5.00. The molecule has 1 saturated heterocycles. The summed E-state index contributed by atoms with van der Waals surface area (Å²) >= 11 is 0. The maximum absolute atomic E-state index is 2.76. The minimum Gasteiger partial charge on any atom is -0.295 e. The molecule has 2 rings (SSSR count). The molecular formula is C11H21N. The quantitative estimate of drug-likeness (QED) is 0.580. The second kappa shape index (κ2) is 3.02. The second-order valence-corrected chi connectivity index (χ2v) is 4.82. The van der Waals surface area contributed by atoms with Gasteiger partial charge in [0.15, 0.2) is 0 Å². The van der Waals surface area contributed by atoms with Crippen LogP contribution in [0.15, 0.2) is 0 Å². The van der Waals surface area contributed by atoms with Gasteiger partial charge in [-0.1, -0.05) is 6.42 Å². The average molecular weight is 167 g/mol. The fourth-order valence-electron chi connectivity index (χ4n) is 3.05. The third-order valence-electron chi connectivity index (χ3n) is 3.81. The number of nitrogens with zero attached hydrogens (tertiary/aromatic N) is 1. The summed E-state index contributed by atoms with van der Waals surface area (Å²) in [5, 5.41) is 0. The van der Waals surface area contributed by atoms with E-state index < -0.39 is 0 Å². The molecule has 1 nitrogen and oxygen atoms in total. The van der Waals surface area contributed by atoms with Crippen LogP contribution in [-0.4, -0.2) is 23.0 Å². The number of piperidine rings is 1. The van der Waals surface area contributed by atoms with Crippen molar-refractivity contribution >= 4 is 0 Å². The molecule has 1 heterocycles. The molecule has 0 radical (unpaired) electrons. The molecule has 1 spiro atoms. The summed E-state index contributed by atoms with van der Waals surface area (Å²) < 4.78 is 0. The predicted octanol–water partition coefficient (Wildman–Crippen LogP) is 2.80. The van der Waals surface area contributed by atoms with Crippen molar-refractivity contribution in [1.82, 2.24) is 4.90 Å². The molecule has 1 saturated carbocycles. The summed E-state index contributed by atoms with van der Waals surface area (Å²) in [7, 11) is 0. The Kier molecular flexibility index (Phi) is 2.16. The van der Waals surface area contributed by atoms with Gasteiger partial charge in [0.25, 0.3) is 0 Å². The highest BCUT2D eigenvalue weighted by Gasteiger charge is 2.44. The van der Waals surface area contributed by atoms with Gasteiger partial charge in [-0.3, -0.25) is 4.90 Å². The molecule has 2 fully saturated rings. The minimum atomic E-state index is 0.673. The van der Waals surface area contributed by atoms with Crippen LogP contribution in [0.2, 0.25) is 0 Å². The van der Waals surface area contributed by atoms with Crippen LogP contribution >= 0.6 is 0 Å². The van der Waals surface area contributed by atoms with E-state index in [9.17, 15) is 0 Å². The molecule has 2 aliphatic rings. The molecule has 1 aliphatic carbocycles. The Morgan fingerprint density at radius 1 is 1.00 bits per heavy atom. The molecular weight excluding hydrogens is 146 g/mol. The highest BCUT2D eigenvalue weighted by atomic mass is 15.2. The molecule has 70 valence electrons. The molecule has 0 aromatic rings. The monoisotopic (exact) mass is 167 g/mol. The van der Waals surface area contributed by atoms with Gasteiger partial charge in [0.05, 0.1) is 0 Å². The summed E-state index contributed by atoms with van der Waals surface area (Å²) in [4.78, 5) is 2.76. The van der Waals surface area contributed by atoms with E-state index in [1.807, 2.05) is 0 Å². The van der Waals surface area contributed by atoms with Crippen LogP contribution < -0.4 is 0 Å². The Morgan fingerprint density at radius 2 is 1.67 bits per heavy atom. The van der Waals surface area contributed by atoms with Crippen molar-refractivity contribution in [2.24, 2.45) is 0 Å². The van der Waals surface area contributed by atoms with Crippen LogP contribution in [0.25, 0.3) is 0 Å². The lowest BCUT2D eigenvalue weighted by Crippen LogP contribution is -2.58. The largest absolute Gasteiger partial charge is 0.295 e. The number of hydrogen-bond donors (Lipinski definition) is 0. The lowest BCUT2D eigenvalue weighted by molar-refractivity contribution is -0.0374. The van der Waals surface area contributed by atoms with Gasteiger partial charge in [0, 0.05) is 11.6 Å². The smallest absolute Gasteiger partial charge is 0.0212 e. The van der Waals surface area contributed by atoms with E-state index in [-0.39, 0.29) is 0 Å². The molecule has 0 aromatic carbocycles. The second-order valence-electron chi connectivity index (χ2n) is 4.82. The molecule has 0 unspecified atom stereocenters. The highest BCUT2D eigenvalue weighted by Crippen LogP contribution is 2.45. The minimum absolute atomic E-state index is 0.673. The fourth-order valence-corrected chi connectivity index (χ4v) is 3.05. The van der Waals surface area contributed by atoms with Crippen molar-refractivity contribution in [3.63, 3.8) is 0 Å². The lowest BCUT2D eigenvalue weighted by atomic mass is 9.69. The average Bonchev–Trinajstić information content (AvgIpc) is 2.01. The summed E-state index contributed by atoms with van der Waals surface area (Å²) in [6.45, 7) is 6.06. The first-order valence-corrected chi connectivity index (χ1v) is 5.51. The van der Waals surface area contributed by atoms with Crippen molar-refractivity contribution < 1.29 is 0 Å². The van der Waals surface area contributed by atoms with Gasteiger partial charge >= 0.3 is 0 Å². The van der Waals surface area contributed by atoms with E-state index in [1.165, 1.54) is 45.1 Å². The van der Waals surface area contributed by atoms with Gasteiger partial charge in [0.1, 0.15) is 0 Å². The first kappa shape index (κ1) is 8.55. The Hall–Kier alpha value is -0.0400. The molecule has 0 amide bonds. The summed E-state index contributed by atoms with van der Waals surface area (Å²) in [5.41, 5.74) is 0.673. The summed E-state index contributed by atoms with van der Waals surface area (Å²) in [6.07, 6.45) is 8.81. The SMILES string of the molecule is CC(C)N1CCCCC12CCC2. The maximum Gasteiger partial charge on any atom is 0.0212 e. The van der Waals surface area contributed by atoms with Crippen molar-refractivity contribution in [3.8, 4) is 0 Å². The summed E-state index contributed by atoms with van der Waals surface area (Å²) in [5.74, 6) is 0. The van der Waals surface area contributed by atoms with E-state index in [1.54, 1.807) is 0 Å². The molecule has 0 N–H and O–H groups in total. The number of likely N-dealkylation sites (tertiary alicyclic amines) is 1. The van der Waals surface area contributed by atoms with Crippen LogP contribution in [0, 0.1) is 0 Å². The first-order valence-electron chi connectivity index (χ1n) is 5.51. The van der Waals surface area contributed by atoms with Crippen molar-refractivity contribution in [3.05, 3.63) is 0 Å². The molecule has 0 atom stereocenters. The third-order valence-corrected chi connectivity index (χ3v) is 3.81. The van der Waals surface area contributed by atoms with Crippen LogP contribution in [0.4, 0.5) is 0 Å². The van der Waals surface area contributed by atoms with E-state index in [2.05, 4.69) is 18.7 Å². The zero-order chi connectivity index (χ0) is 8.60. The number of hydrogen-bond acceptors (Lipinski definition) is 1. The Bertz CT molecular complexity index is 158. The Morgan fingerprint density at radius 3 is 2.08 bits per heavy atom. The van der Waals surface area contributed by atoms with Gasteiger partial charge < -0.3 is 0 Å². The topological polar surface area (TPSA) is 3.24 Å². The fraction of sp³-hybridized carbons (Fsp3) is 1.00. The lowest BCUT2D eigenvalue weighted by Gasteiger charge is -2.55. The van der Waals surface area contributed by atoms with Crippen molar-refractivity contribution in [1.29, 1.82) is 0 Å². The van der Waals surface area contributed by atoms with Crippen LogP contribution in [0.5, 0.6) is 0 Å². The van der Waals surface area contributed by atoms with Crippen LogP contribution in [-0.2, 0) is 0 Å². The Balaban J connectivity index is 2.06. The molecule has 0 bridgehead atoms. The first-order chi connectivity index (χ1) is 5.75. The zero-order valence-electron chi connectivity index (χ0n) is 8.47. The van der Waals surface area contributed by atoms with E-state index in [0.717, 1.165) is 6.04 Å². The van der Waals surface area contributed by atoms with Gasteiger partial charge in [0.2, 0.25) is 0 Å². The van der Waals surface area contributed by atoms with Gasteiger partial charge in [-0.2, -0.15) is 0 Å². The van der Waals surface area contributed by atoms with Crippen molar-refractivity contribution in [2.45, 2.75) is 64.0 Å². The number of rotatable bonds is 1. The molecule has 0 aromatic heterocycles. The van der Waals surface area contributed by atoms with Gasteiger partial charge in [-0.05, 0) is 52.5 Å². The zero-order valence-corrected chi connectivity index (χ0v) is 8.47. The maximum atomic E-state index is 2.76. The van der Waals surface area contributed by atoms with E-state index in [0.29, 0.717) is 5.54 Å². The predicted molar refractivity (Wildman–Crippen MR) is 52.3 cm³/mol. The van der Waals surface area contributed by atoms with Gasteiger partial charge in [-0.25, -0.2) is 0 Å². The Labute approximate surface area is 76.1 Å². The van der Waals surface area contributed by atoms with E-state index >= 15 is 0 Å². The summed E-state index contributed by atoms with van der Waals surface area (Å²) in [6, 6.07) is 0.769. The molecule has 1 heteroatoms. The molecule has 1 aliphatic heterocycles. The van der Waals surface area contributed by atoms with Crippen molar-refractivity contribution in [2.75, 3.05) is 6.54 Å². The standard InChI is InChI=1S/C11H21N/c1-10(2)12-9-4-3-6-11(12)7-5-8-11/h10H,3-9H2,1-2H3. The van der Waals surface area contributed by atoms with Crippen LogP contribution in [0.1, 0.15) is 52.4 Å². The van der Waals surface area contributed by atoms with Gasteiger partial charge in [-0.15, -0.1) is 0 Å². The third kappa shape index (κ3) is 1.19. The van der Waals surface area contributed by atoms with E-state index in [4.69, 9.17) is 0 Å². The van der Waals surface area contributed by atoms with Crippen LogP contribution in [0.3, 0.4) is 0 Å². The normalized spacial score (nSPS) is 29.2. The molecule has 12 heavy (non-hydrogen) atoms.